The number of imidazole rings is 1. The summed E-state index contributed by atoms with van der Waals surface area (Å²) in [6.07, 6.45) is 5.59. The summed E-state index contributed by atoms with van der Waals surface area (Å²) < 4.78 is 1.96. The molecule has 6 nitrogen and oxygen atoms in total. The number of aromatic nitrogens is 2. The zero-order valence-corrected chi connectivity index (χ0v) is 16.9. The first-order valence-electron chi connectivity index (χ1n) is 10.3. The van der Waals surface area contributed by atoms with Crippen molar-refractivity contribution in [3.05, 3.63) is 53.1 Å². The van der Waals surface area contributed by atoms with Gasteiger partial charge < -0.3 is 14.8 Å². The normalized spacial score (nSPS) is 13.1. The highest BCUT2D eigenvalue weighted by Crippen LogP contribution is 2.22. The van der Waals surface area contributed by atoms with Crippen molar-refractivity contribution in [1.82, 2.24) is 19.8 Å². The molecule has 28 heavy (non-hydrogen) atoms. The molecule has 1 aliphatic rings. The van der Waals surface area contributed by atoms with Gasteiger partial charge in [0, 0.05) is 26.7 Å². The number of nitrogens with zero attached hydrogens (tertiary/aromatic N) is 3. The van der Waals surface area contributed by atoms with E-state index >= 15 is 0 Å². The van der Waals surface area contributed by atoms with Crippen molar-refractivity contribution < 1.29 is 9.59 Å². The van der Waals surface area contributed by atoms with E-state index in [1.165, 1.54) is 5.56 Å². The van der Waals surface area contributed by atoms with E-state index in [1.54, 1.807) is 4.90 Å². The van der Waals surface area contributed by atoms with Gasteiger partial charge in [0.25, 0.3) is 11.8 Å². The fourth-order valence-corrected chi connectivity index (χ4v) is 3.60. The van der Waals surface area contributed by atoms with Gasteiger partial charge in [0.05, 0.1) is 5.69 Å². The maximum atomic E-state index is 12.9. The van der Waals surface area contributed by atoms with E-state index in [-0.39, 0.29) is 11.8 Å². The molecule has 1 N–H and O–H groups in total. The van der Waals surface area contributed by atoms with E-state index in [4.69, 9.17) is 0 Å². The van der Waals surface area contributed by atoms with Crippen LogP contribution in [0.3, 0.4) is 0 Å². The minimum absolute atomic E-state index is 0.0973. The number of carbonyl (C=O) groups excluding carboxylic acids is 2. The molecule has 0 bridgehead atoms. The van der Waals surface area contributed by atoms with Crippen molar-refractivity contribution in [2.75, 3.05) is 20.1 Å². The second-order valence-electron chi connectivity index (χ2n) is 7.41. The Hall–Kier alpha value is -2.63. The molecule has 2 aromatic rings. The number of benzene rings is 1. The first kappa shape index (κ1) is 20.1. The molecule has 1 aromatic heterocycles. The SMILES string of the molecule is CCCCN(C)C(=O)c1nc(C(=O)NCCc2ccccc2)c2n1CCCC2. The topological polar surface area (TPSA) is 67.2 Å². The maximum Gasteiger partial charge on any atom is 0.289 e. The molecule has 0 saturated carbocycles. The zero-order chi connectivity index (χ0) is 19.9. The Labute approximate surface area is 166 Å². The number of fused-ring (bicyclic) bond motifs is 1. The number of rotatable bonds is 8. The van der Waals surface area contributed by atoms with Gasteiger partial charge >= 0.3 is 0 Å². The van der Waals surface area contributed by atoms with Gasteiger partial charge in [-0.1, -0.05) is 43.7 Å². The molecule has 0 unspecified atom stereocenters. The fraction of sp³-hybridized carbons (Fsp3) is 0.500. The second-order valence-corrected chi connectivity index (χ2v) is 7.41. The summed E-state index contributed by atoms with van der Waals surface area (Å²) in [7, 11) is 1.81. The van der Waals surface area contributed by atoms with Crippen LogP contribution in [0.5, 0.6) is 0 Å². The quantitative estimate of drug-likeness (QED) is 0.763. The Morgan fingerprint density at radius 3 is 2.75 bits per heavy atom. The summed E-state index contributed by atoms with van der Waals surface area (Å²) in [6, 6.07) is 10.1. The number of carbonyl (C=O) groups is 2. The van der Waals surface area contributed by atoms with E-state index in [2.05, 4.69) is 17.2 Å². The molecular weight excluding hydrogens is 352 g/mol. The van der Waals surface area contributed by atoms with Gasteiger partial charge in [0.2, 0.25) is 0 Å². The molecule has 0 fully saturated rings. The highest BCUT2D eigenvalue weighted by molar-refractivity contribution is 5.97. The van der Waals surface area contributed by atoms with E-state index in [0.717, 1.165) is 50.8 Å². The molecule has 0 aliphatic carbocycles. The number of hydrogen-bond acceptors (Lipinski definition) is 3. The van der Waals surface area contributed by atoms with Crippen LogP contribution in [0.4, 0.5) is 0 Å². The van der Waals surface area contributed by atoms with Crippen LogP contribution in [0.15, 0.2) is 30.3 Å². The fourth-order valence-electron chi connectivity index (χ4n) is 3.60. The Morgan fingerprint density at radius 2 is 2.00 bits per heavy atom. The molecule has 2 amide bonds. The van der Waals surface area contributed by atoms with Crippen molar-refractivity contribution in [2.45, 2.75) is 52.0 Å². The first-order chi connectivity index (χ1) is 13.6. The Morgan fingerprint density at radius 1 is 1.21 bits per heavy atom. The summed E-state index contributed by atoms with van der Waals surface area (Å²) in [5.74, 6) is 0.123. The van der Waals surface area contributed by atoms with Crippen LogP contribution in [0, 0.1) is 0 Å². The van der Waals surface area contributed by atoms with Crippen molar-refractivity contribution >= 4 is 11.8 Å². The lowest BCUT2D eigenvalue weighted by atomic mass is 10.1. The van der Waals surface area contributed by atoms with Gasteiger partial charge in [-0.15, -0.1) is 0 Å². The third kappa shape index (κ3) is 4.61. The van der Waals surface area contributed by atoms with Crippen LogP contribution in [0.2, 0.25) is 0 Å². The lowest BCUT2D eigenvalue weighted by Crippen LogP contribution is -2.31. The highest BCUT2D eigenvalue weighted by Gasteiger charge is 2.28. The van der Waals surface area contributed by atoms with Crippen molar-refractivity contribution in [3.63, 3.8) is 0 Å². The van der Waals surface area contributed by atoms with Crippen molar-refractivity contribution in [2.24, 2.45) is 0 Å². The monoisotopic (exact) mass is 382 g/mol. The molecule has 0 radical (unpaired) electrons. The van der Waals surface area contributed by atoms with Gasteiger partial charge in [-0.3, -0.25) is 9.59 Å². The zero-order valence-electron chi connectivity index (χ0n) is 16.9. The summed E-state index contributed by atoms with van der Waals surface area (Å²) >= 11 is 0. The van der Waals surface area contributed by atoms with Gasteiger partial charge in [-0.05, 0) is 37.7 Å². The number of unbranched alkanes of at least 4 members (excludes halogenated alkanes) is 1. The summed E-state index contributed by atoms with van der Waals surface area (Å²) in [4.78, 5) is 31.9. The van der Waals surface area contributed by atoms with Gasteiger partial charge in [-0.2, -0.15) is 0 Å². The minimum atomic E-state index is -0.183. The van der Waals surface area contributed by atoms with Crippen LogP contribution >= 0.6 is 0 Å². The van der Waals surface area contributed by atoms with Crippen LogP contribution in [-0.2, 0) is 19.4 Å². The minimum Gasteiger partial charge on any atom is -0.350 e. The summed E-state index contributed by atoms with van der Waals surface area (Å²) in [6.45, 7) is 4.11. The van der Waals surface area contributed by atoms with Crippen LogP contribution in [-0.4, -0.2) is 46.4 Å². The number of nitrogens with one attached hydrogen (secondary N) is 1. The molecule has 0 atom stereocenters. The largest absolute Gasteiger partial charge is 0.350 e. The second kappa shape index (κ2) is 9.53. The molecule has 2 heterocycles. The molecule has 3 rings (SSSR count). The molecule has 0 spiro atoms. The molecule has 150 valence electrons. The maximum absolute atomic E-state index is 12.9. The molecule has 0 saturated heterocycles. The van der Waals surface area contributed by atoms with Crippen LogP contribution in [0.1, 0.15) is 65.0 Å². The summed E-state index contributed by atoms with van der Waals surface area (Å²) in [5, 5.41) is 2.97. The third-order valence-electron chi connectivity index (χ3n) is 5.26. The molecule has 1 aromatic carbocycles. The lowest BCUT2D eigenvalue weighted by Gasteiger charge is -2.20. The van der Waals surface area contributed by atoms with E-state index in [1.807, 2.05) is 41.9 Å². The highest BCUT2D eigenvalue weighted by atomic mass is 16.2. The Bertz CT molecular complexity index is 813. The molecular formula is C22H30N4O2. The lowest BCUT2D eigenvalue weighted by molar-refractivity contribution is 0.0775. The number of amides is 2. The van der Waals surface area contributed by atoms with Crippen LogP contribution in [0.25, 0.3) is 0 Å². The van der Waals surface area contributed by atoms with Crippen LogP contribution < -0.4 is 5.32 Å². The Kier molecular flexibility index (Phi) is 6.85. The summed E-state index contributed by atoms with van der Waals surface area (Å²) in [5.41, 5.74) is 2.50. The van der Waals surface area contributed by atoms with E-state index in [0.29, 0.717) is 24.6 Å². The smallest absolute Gasteiger partial charge is 0.289 e. The van der Waals surface area contributed by atoms with E-state index < -0.39 is 0 Å². The molecule has 1 aliphatic heterocycles. The van der Waals surface area contributed by atoms with E-state index in [9.17, 15) is 9.59 Å². The van der Waals surface area contributed by atoms with Gasteiger partial charge in [-0.25, -0.2) is 4.98 Å². The van der Waals surface area contributed by atoms with Gasteiger partial charge in [0.15, 0.2) is 5.82 Å². The first-order valence-corrected chi connectivity index (χ1v) is 10.3. The van der Waals surface area contributed by atoms with Crippen molar-refractivity contribution in [3.8, 4) is 0 Å². The third-order valence-corrected chi connectivity index (χ3v) is 5.26. The predicted octanol–water partition coefficient (Wildman–Crippen LogP) is 3.06. The predicted molar refractivity (Wildman–Crippen MR) is 110 cm³/mol. The average molecular weight is 383 g/mol. The average Bonchev–Trinajstić information content (AvgIpc) is 3.12. The van der Waals surface area contributed by atoms with Crippen molar-refractivity contribution in [1.29, 1.82) is 0 Å². The number of hydrogen-bond donors (Lipinski definition) is 1. The standard InChI is InChI=1S/C22H30N4O2/c1-3-4-15-25(2)22(28)20-24-19(18-12-8-9-16-26(18)20)21(27)23-14-13-17-10-6-5-7-11-17/h5-7,10-11H,3-4,8-9,12-16H2,1-2H3,(H,23,27). The van der Waals surface area contributed by atoms with Gasteiger partial charge in [0.1, 0.15) is 5.69 Å². The molecule has 6 heteroatoms. The Balaban J connectivity index is 1.72.